The van der Waals surface area contributed by atoms with Crippen molar-refractivity contribution in [2.75, 3.05) is 23.7 Å². The Morgan fingerprint density at radius 1 is 1.03 bits per heavy atom. The van der Waals surface area contributed by atoms with Gasteiger partial charge < -0.3 is 10.6 Å². The van der Waals surface area contributed by atoms with Crippen LogP contribution in [0.5, 0.6) is 0 Å². The number of nitrogens with one attached hydrogen (secondary N) is 2. The first-order valence-corrected chi connectivity index (χ1v) is 12.9. The van der Waals surface area contributed by atoms with Crippen molar-refractivity contribution >= 4 is 60.9 Å². The number of anilines is 2. The molecule has 186 valence electrons. The normalized spacial score (nSPS) is 15.2. The number of piperidine rings is 1. The third kappa shape index (κ3) is 6.34. The highest BCUT2D eigenvalue weighted by Gasteiger charge is 2.33. The zero-order valence-electron chi connectivity index (χ0n) is 19.1. The van der Waals surface area contributed by atoms with Crippen molar-refractivity contribution in [2.24, 2.45) is 5.92 Å². The van der Waals surface area contributed by atoms with Gasteiger partial charge in [0.2, 0.25) is 11.8 Å². The molecule has 2 amide bonds. The van der Waals surface area contributed by atoms with Crippen molar-refractivity contribution < 1.29 is 14.5 Å². The van der Waals surface area contributed by atoms with Crippen molar-refractivity contribution in [3.8, 4) is 0 Å². The summed E-state index contributed by atoms with van der Waals surface area (Å²) < 4.78 is 1.26. The third-order valence-electron chi connectivity index (χ3n) is 6.03. The Bertz CT molecular complexity index is 1250. The fraction of sp³-hybridized carbons (Fsp3) is 0.240. The summed E-state index contributed by atoms with van der Waals surface area (Å²) in [5, 5.41) is 16.8. The van der Waals surface area contributed by atoms with Crippen LogP contribution in [0.1, 0.15) is 24.4 Å². The van der Waals surface area contributed by atoms with E-state index in [-0.39, 0.29) is 23.4 Å². The first-order valence-electron chi connectivity index (χ1n) is 11.3. The van der Waals surface area contributed by atoms with Crippen LogP contribution in [0.25, 0.3) is 0 Å². The predicted octanol–water partition coefficient (Wildman–Crippen LogP) is 5.55. The molecule has 1 saturated heterocycles. The number of hydrogen-bond donors (Lipinski definition) is 2. The van der Waals surface area contributed by atoms with E-state index in [2.05, 4.69) is 52.4 Å². The molecule has 1 aliphatic rings. The van der Waals surface area contributed by atoms with Crippen molar-refractivity contribution in [1.82, 2.24) is 9.88 Å². The van der Waals surface area contributed by atoms with Crippen LogP contribution < -0.4 is 10.6 Å². The van der Waals surface area contributed by atoms with Gasteiger partial charge in [0.05, 0.1) is 10.6 Å². The number of pyridine rings is 1. The molecule has 0 saturated carbocycles. The number of carbonyl (C=O) groups is 2. The Kier molecular flexibility index (Phi) is 8.44. The summed E-state index contributed by atoms with van der Waals surface area (Å²) in [6.07, 6.45) is 2.82. The van der Waals surface area contributed by atoms with Crippen LogP contribution in [-0.4, -0.2) is 39.7 Å². The topological polar surface area (TPSA) is 117 Å². The summed E-state index contributed by atoms with van der Waals surface area (Å²) >= 11 is 6.65. The number of hydrogen-bond acceptors (Lipinski definition) is 6. The molecular formula is C25H23Br2N5O4. The van der Waals surface area contributed by atoms with Gasteiger partial charge in [-0.1, -0.05) is 30.3 Å². The molecule has 1 aromatic heterocycles. The molecule has 0 spiro atoms. The van der Waals surface area contributed by atoms with Gasteiger partial charge in [-0.2, -0.15) is 0 Å². The number of nitrogens with zero attached hydrogens (tertiary/aromatic N) is 3. The molecule has 9 nitrogen and oxygen atoms in total. The molecule has 36 heavy (non-hydrogen) atoms. The molecule has 1 aliphatic heterocycles. The number of aromatic nitrogens is 1. The Balaban J connectivity index is 1.45. The van der Waals surface area contributed by atoms with E-state index in [1.807, 2.05) is 36.4 Å². The average Bonchev–Trinajstić information content (AvgIpc) is 2.87. The molecule has 11 heteroatoms. The van der Waals surface area contributed by atoms with E-state index in [0.29, 0.717) is 41.9 Å². The number of carbonyl (C=O) groups excluding carboxylic acids is 2. The summed E-state index contributed by atoms with van der Waals surface area (Å²) in [5.41, 5.74) is 1.20. The van der Waals surface area contributed by atoms with Crippen LogP contribution in [0.2, 0.25) is 0 Å². The van der Waals surface area contributed by atoms with Gasteiger partial charge in [-0.3, -0.25) is 24.6 Å². The average molecular weight is 617 g/mol. The molecule has 1 unspecified atom stereocenters. The first-order chi connectivity index (χ1) is 17.3. The SMILES string of the molecule is O=C(Nc1ccc(Br)cn1)C1CCN(C(C(=O)Nc2ccc([N+](=O)[O-])cc2Br)c2ccccc2)CC1. The van der Waals surface area contributed by atoms with Gasteiger partial charge in [-0.15, -0.1) is 0 Å². The lowest BCUT2D eigenvalue weighted by Gasteiger charge is -2.36. The quantitative estimate of drug-likeness (QED) is 0.266. The molecule has 4 rings (SSSR count). The second-order valence-corrected chi connectivity index (χ2v) is 10.2. The fourth-order valence-corrected chi connectivity index (χ4v) is 4.88. The largest absolute Gasteiger partial charge is 0.323 e. The molecule has 1 fully saturated rings. The molecule has 2 aromatic carbocycles. The van der Waals surface area contributed by atoms with Crippen LogP contribution in [0, 0.1) is 16.0 Å². The van der Waals surface area contributed by atoms with Crippen LogP contribution in [-0.2, 0) is 9.59 Å². The zero-order valence-corrected chi connectivity index (χ0v) is 22.2. The summed E-state index contributed by atoms with van der Waals surface area (Å²) in [4.78, 5) is 43.0. The van der Waals surface area contributed by atoms with Gasteiger partial charge in [-0.25, -0.2) is 4.98 Å². The Morgan fingerprint density at radius 2 is 1.75 bits per heavy atom. The lowest BCUT2D eigenvalue weighted by Crippen LogP contribution is -2.44. The van der Waals surface area contributed by atoms with Crippen LogP contribution in [0.15, 0.2) is 75.8 Å². The monoisotopic (exact) mass is 615 g/mol. The maximum absolute atomic E-state index is 13.5. The van der Waals surface area contributed by atoms with E-state index < -0.39 is 11.0 Å². The number of rotatable bonds is 7. The summed E-state index contributed by atoms with van der Waals surface area (Å²) in [6.45, 7) is 1.11. The van der Waals surface area contributed by atoms with E-state index in [9.17, 15) is 19.7 Å². The molecule has 0 bridgehead atoms. The van der Waals surface area contributed by atoms with Gasteiger partial charge in [0.15, 0.2) is 0 Å². The number of nitro groups is 1. The molecular weight excluding hydrogens is 594 g/mol. The molecule has 1 atom stereocenters. The van der Waals surface area contributed by atoms with Gasteiger partial charge in [0, 0.05) is 33.2 Å². The van der Waals surface area contributed by atoms with Crippen molar-refractivity contribution in [2.45, 2.75) is 18.9 Å². The van der Waals surface area contributed by atoms with Crippen LogP contribution in [0.4, 0.5) is 17.2 Å². The van der Waals surface area contributed by atoms with Crippen LogP contribution in [0.3, 0.4) is 0 Å². The number of non-ortho nitro benzene ring substituents is 1. The smallest absolute Gasteiger partial charge is 0.270 e. The van der Waals surface area contributed by atoms with Crippen molar-refractivity contribution in [1.29, 1.82) is 0 Å². The molecule has 0 radical (unpaired) electrons. The predicted molar refractivity (Wildman–Crippen MR) is 143 cm³/mol. The van der Waals surface area contributed by atoms with Crippen molar-refractivity contribution in [3.05, 3.63) is 91.5 Å². The number of likely N-dealkylation sites (tertiary alicyclic amines) is 1. The Hall–Kier alpha value is -3.15. The van der Waals surface area contributed by atoms with E-state index in [1.54, 1.807) is 12.3 Å². The maximum atomic E-state index is 13.5. The van der Waals surface area contributed by atoms with E-state index in [0.717, 1.165) is 10.0 Å². The summed E-state index contributed by atoms with van der Waals surface area (Å²) in [7, 11) is 0. The highest BCUT2D eigenvalue weighted by molar-refractivity contribution is 9.10. The number of halogens is 2. The minimum Gasteiger partial charge on any atom is -0.323 e. The number of benzene rings is 2. The summed E-state index contributed by atoms with van der Waals surface area (Å²) in [5.74, 6) is -0.0199. The summed E-state index contributed by atoms with van der Waals surface area (Å²) in [6, 6.07) is 16.6. The Morgan fingerprint density at radius 3 is 2.36 bits per heavy atom. The highest BCUT2D eigenvalue weighted by atomic mass is 79.9. The minimum atomic E-state index is -0.578. The van der Waals surface area contributed by atoms with Crippen molar-refractivity contribution in [3.63, 3.8) is 0 Å². The molecule has 2 heterocycles. The molecule has 0 aliphatic carbocycles. The van der Waals surface area contributed by atoms with E-state index in [1.165, 1.54) is 18.2 Å². The van der Waals surface area contributed by atoms with Gasteiger partial charge in [0.1, 0.15) is 11.9 Å². The standard InChI is InChI=1S/C25H23Br2N5O4/c26-18-6-9-22(28-15-18)30-24(33)17-10-12-31(13-11-17)23(16-4-2-1-3-5-16)25(34)29-21-8-7-19(32(35)36)14-20(21)27/h1-9,14-15,17,23H,10-13H2,(H,29,34)(H,28,30,33). The first kappa shape index (κ1) is 25.9. The van der Waals surface area contributed by atoms with Gasteiger partial charge in [0.25, 0.3) is 5.69 Å². The zero-order chi connectivity index (χ0) is 25.7. The highest BCUT2D eigenvalue weighted by Crippen LogP contribution is 2.31. The Labute approximate surface area is 224 Å². The second kappa shape index (κ2) is 11.7. The lowest BCUT2D eigenvalue weighted by molar-refractivity contribution is -0.384. The number of amides is 2. The lowest BCUT2D eigenvalue weighted by atomic mass is 9.93. The third-order valence-corrected chi connectivity index (χ3v) is 7.15. The fourth-order valence-electron chi connectivity index (χ4n) is 4.18. The minimum absolute atomic E-state index is 0.0711. The van der Waals surface area contributed by atoms with E-state index >= 15 is 0 Å². The van der Waals surface area contributed by atoms with Crippen LogP contribution >= 0.6 is 31.9 Å². The van der Waals surface area contributed by atoms with E-state index in [4.69, 9.17) is 0 Å². The molecule has 2 N–H and O–H groups in total. The second-order valence-electron chi connectivity index (χ2n) is 8.38. The van der Waals surface area contributed by atoms with Gasteiger partial charge in [-0.05, 0) is 81.6 Å². The molecule has 3 aromatic rings. The van der Waals surface area contributed by atoms with Gasteiger partial charge >= 0.3 is 0 Å². The maximum Gasteiger partial charge on any atom is 0.270 e. The number of nitro benzene ring substituents is 1.